The first-order chi connectivity index (χ1) is 6.79. The van der Waals surface area contributed by atoms with Crippen LogP contribution in [0.5, 0.6) is 0 Å². The highest BCUT2D eigenvalue weighted by Crippen LogP contribution is 2.03. The van der Waals surface area contributed by atoms with Crippen LogP contribution in [0.4, 0.5) is 0 Å². The molecule has 15 heavy (non-hydrogen) atoms. The van der Waals surface area contributed by atoms with E-state index in [0.29, 0.717) is 19.6 Å². The van der Waals surface area contributed by atoms with Gasteiger partial charge in [0.1, 0.15) is 0 Å². The van der Waals surface area contributed by atoms with Crippen LogP contribution < -0.4 is 0 Å². The Hall–Kier alpha value is -0.180. The minimum atomic E-state index is -3.39. The third-order valence-corrected chi connectivity index (χ3v) is 4.35. The first kappa shape index (κ1) is 12.9. The average molecular weight is 257 g/mol. The second-order valence-electron chi connectivity index (χ2n) is 3.52. The van der Waals surface area contributed by atoms with Gasteiger partial charge in [0, 0.05) is 19.6 Å². The standard InChI is InChI=1S/C7H15NO5S2/c1-14(9,10)13-5-2-8-3-6-15(11,12)7-4-8/h2-7H2,1H3. The fraction of sp³-hybridized carbons (Fsp3) is 1.00. The van der Waals surface area contributed by atoms with Crippen LogP contribution in [0.25, 0.3) is 0 Å². The lowest BCUT2D eigenvalue weighted by Crippen LogP contribution is -2.41. The minimum absolute atomic E-state index is 0.0822. The molecule has 0 N–H and O–H groups in total. The van der Waals surface area contributed by atoms with Crippen molar-refractivity contribution >= 4 is 20.0 Å². The first-order valence-electron chi connectivity index (χ1n) is 4.56. The van der Waals surface area contributed by atoms with E-state index in [1.165, 1.54) is 0 Å². The number of sulfone groups is 1. The predicted octanol–water partition coefficient (Wildman–Crippen LogP) is -1.31. The Labute approximate surface area is 90.3 Å². The Balaban J connectivity index is 2.25. The Morgan fingerprint density at radius 1 is 1.27 bits per heavy atom. The summed E-state index contributed by atoms with van der Waals surface area (Å²) in [4.78, 5) is 1.88. The van der Waals surface area contributed by atoms with Crippen LogP contribution in [-0.2, 0) is 24.1 Å². The summed E-state index contributed by atoms with van der Waals surface area (Å²) in [6, 6.07) is 0. The molecule has 1 fully saturated rings. The fourth-order valence-corrected chi connectivity index (χ4v) is 2.95. The zero-order valence-corrected chi connectivity index (χ0v) is 10.2. The van der Waals surface area contributed by atoms with Crippen LogP contribution in [-0.4, -0.2) is 65.7 Å². The zero-order valence-electron chi connectivity index (χ0n) is 8.55. The molecule has 0 amide bonds. The van der Waals surface area contributed by atoms with Gasteiger partial charge in [-0.1, -0.05) is 0 Å². The maximum absolute atomic E-state index is 11.1. The van der Waals surface area contributed by atoms with Gasteiger partial charge in [-0.3, -0.25) is 9.08 Å². The van der Waals surface area contributed by atoms with E-state index in [1.807, 2.05) is 4.90 Å². The first-order valence-corrected chi connectivity index (χ1v) is 8.19. The minimum Gasteiger partial charge on any atom is -0.299 e. The van der Waals surface area contributed by atoms with Crippen LogP contribution >= 0.6 is 0 Å². The second-order valence-corrected chi connectivity index (χ2v) is 7.47. The number of rotatable bonds is 4. The summed E-state index contributed by atoms with van der Waals surface area (Å²) in [6.45, 7) is 1.44. The van der Waals surface area contributed by atoms with E-state index in [1.54, 1.807) is 0 Å². The van der Waals surface area contributed by atoms with Gasteiger partial charge in [-0.05, 0) is 0 Å². The normalized spacial score (nSPS) is 22.7. The Kier molecular flexibility index (Phi) is 4.10. The van der Waals surface area contributed by atoms with E-state index in [2.05, 4.69) is 4.18 Å². The topological polar surface area (TPSA) is 80.8 Å². The van der Waals surface area contributed by atoms with Gasteiger partial charge in [-0.15, -0.1) is 0 Å². The number of hydrogen-bond donors (Lipinski definition) is 0. The van der Waals surface area contributed by atoms with Gasteiger partial charge >= 0.3 is 0 Å². The summed E-state index contributed by atoms with van der Waals surface area (Å²) < 4.78 is 48.0. The summed E-state index contributed by atoms with van der Waals surface area (Å²) in [6.07, 6.45) is 0.994. The third-order valence-electron chi connectivity index (χ3n) is 2.14. The van der Waals surface area contributed by atoms with E-state index >= 15 is 0 Å². The molecule has 1 rings (SSSR count). The van der Waals surface area contributed by atoms with Gasteiger partial charge in [-0.25, -0.2) is 8.42 Å². The van der Waals surface area contributed by atoms with E-state index in [9.17, 15) is 16.8 Å². The molecule has 0 aliphatic carbocycles. The second kappa shape index (κ2) is 4.77. The maximum atomic E-state index is 11.1. The lowest BCUT2D eigenvalue weighted by atomic mass is 10.5. The van der Waals surface area contributed by atoms with Gasteiger partial charge in [0.15, 0.2) is 9.84 Å². The molecule has 1 saturated heterocycles. The van der Waals surface area contributed by atoms with E-state index in [4.69, 9.17) is 0 Å². The van der Waals surface area contributed by atoms with E-state index < -0.39 is 20.0 Å². The van der Waals surface area contributed by atoms with Crippen molar-refractivity contribution in [1.82, 2.24) is 4.90 Å². The largest absolute Gasteiger partial charge is 0.299 e. The van der Waals surface area contributed by atoms with Gasteiger partial charge in [0.05, 0.1) is 24.4 Å². The molecular weight excluding hydrogens is 242 g/mol. The molecule has 0 radical (unpaired) electrons. The molecule has 0 saturated carbocycles. The molecule has 0 unspecified atom stereocenters. The van der Waals surface area contributed by atoms with Crippen molar-refractivity contribution in [3.05, 3.63) is 0 Å². The molecule has 0 aromatic rings. The zero-order chi connectivity index (χ0) is 11.5. The molecule has 90 valence electrons. The summed E-state index contributed by atoms with van der Waals surface area (Å²) in [7, 11) is -6.26. The molecule has 1 aliphatic heterocycles. The van der Waals surface area contributed by atoms with Crippen molar-refractivity contribution in [2.24, 2.45) is 0 Å². The molecule has 0 aromatic carbocycles. The molecule has 0 spiro atoms. The maximum Gasteiger partial charge on any atom is 0.264 e. The average Bonchev–Trinajstić information content (AvgIpc) is 2.06. The van der Waals surface area contributed by atoms with Crippen LogP contribution in [0.15, 0.2) is 0 Å². The monoisotopic (exact) mass is 257 g/mol. The van der Waals surface area contributed by atoms with E-state index in [-0.39, 0.29) is 18.1 Å². The summed E-state index contributed by atoms with van der Waals surface area (Å²) in [5, 5.41) is 0. The van der Waals surface area contributed by atoms with Crippen molar-refractivity contribution in [2.75, 3.05) is 44.0 Å². The summed E-state index contributed by atoms with van der Waals surface area (Å²) in [5.41, 5.74) is 0. The Bertz CT molecular complexity index is 385. The Morgan fingerprint density at radius 2 is 1.80 bits per heavy atom. The molecular formula is C7H15NO5S2. The van der Waals surface area contributed by atoms with Crippen LogP contribution in [0, 0.1) is 0 Å². The van der Waals surface area contributed by atoms with Crippen LogP contribution in [0.2, 0.25) is 0 Å². The van der Waals surface area contributed by atoms with Gasteiger partial charge < -0.3 is 0 Å². The van der Waals surface area contributed by atoms with E-state index in [0.717, 1.165) is 6.26 Å². The fourth-order valence-electron chi connectivity index (χ4n) is 1.29. The number of nitrogens with zero attached hydrogens (tertiary/aromatic N) is 1. The highest BCUT2D eigenvalue weighted by atomic mass is 32.2. The molecule has 1 aliphatic rings. The van der Waals surface area contributed by atoms with Crippen molar-refractivity contribution in [3.63, 3.8) is 0 Å². The molecule has 6 nitrogen and oxygen atoms in total. The molecule has 1 heterocycles. The quantitative estimate of drug-likeness (QED) is 0.582. The number of hydrogen-bond acceptors (Lipinski definition) is 6. The summed E-state index contributed by atoms with van der Waals surface area (Å²) in [5.74, 6) is 0.289. The van der Waals surface area contributed by atoms with Crippen molar-refractivity contribution < 1.29 is 21.0 Å². The molecule has 0 atom stereocenters. The molecule has 0 aromatic heterocycles. The van der Waals surface area contributed by atoms with Crippen molar-refractivity contribution in [3.8, 4) is 0 Å². The molecule has 8 heteroatoms. The van der Waals surface area contributed by atoms with Crippen molar-refractivity contribution in [1.29, 1.82) is 0 Å². The SMILES string of the molecule is CS(=O)(=O)OCCN1CCS(=O)(=O)CC1. The Morgan fingerprint density at radius 3 is 2.27 bits per heavy atom. The lowest BCUT2D eigenvalue weighted by molar-refractivity contribution is 0.224. The van der Waals surface area contributed by atoms with Gasteiger partial charge in [0.2, 0.25) is 0 Å². The highest BCUT2D eigenvalue weighted by molar-refractivity contribution is 7.91. The predicted molar refractivity (Wildman–Crippen MR) is 55.9 cm³/mol. The van der Waals surface area contributed by atoms with Gasteiger partial charge in [0.25, 0.3) is 10.1 Å². The van der Waals surface area contributed by atoms with Gasteiger partial charge in [-0.2, -0.15) is 8.42 Å². The highest BCUT2D eigenvalue weighted by Gasteiger charge is 2.21. The molecule has 0 bridgehead atoms. The van der Waals surface area contributed by atoms with Crippen molar-refractivity contribution in [2.45, 2.75) is 0 Å². The third kappa shape index (κ3) is 5.45. The lowest BCUT2D eigenvalue weighted by Gasteiger charge is -2.25. The smallest absolute Gasteiger partial charge is 0.264 e. The van der Waals surface area contributed by atoms with Crippen LogP contribution in [0.3, 0.4) is 0 Å². The summed E-state index contributed by atoms with van der Waals surface area (Å²) >= 11 is 0. The van der Waals surface area contributed by atoms with Crippen LogP contribution in [0.1, 0.15) is 0 Å².